The van der Waals surface area contributed by atoms with E-state index in [9.17, 15) is 0 Å². The first kappa shape index (κ1) is 12.2. The van der Waals surface area contributed by atoms with E-state index in [1.54, 1.807) is 18.5 Å². The maximum atomic E-state index is 5.75. The number of para-hydroxylation sites is 1. The number of oxazole rings is 1. The largest absolute Gasteiger partial charge is 0.431 e. The van der Waals surface area contributed by atoms with Crippen molar-refractivity contribution in [2.45, 2.75) is 10.2 Å². The van der Waals surface area contributed by atoms with Gasteiger partial charge in [-0.05, 0) is 36.0 Å². The molecule has 0 saturated heterocycles. The van der Waals surface area contributed by atoms with Crippen LogP contribution >= 0.6 is 11.8 Å². The van der Waals surface area contributed by atoms with Crippen molar-refractivity contribution in [1.82, 2.24) is 15.0 Å². The minimum absolute atomic E-state index is 0.541. The Morgan fingerprint density at radius 3 is 2.86 bits per heavy atom. The Hall–Kier alpha value is -2.60. The maximum Gasteiger partial charge on any atom is 0.263 e. The van der Waals surface area contributed by atoms with Gasteiger partial charge in [-0.1, -0.05) is 18.2 Å². The third kappa shape index (κ3) is 2.19. The molecule has 102 valence electrons. The molecule has 21 heavy (non-hydrogen) atoms. The molecule has 0 aliphatic heterocycles. The van der Waals surface area contributed by atoms with Crippen LogP contribution in [-0.4, -0.2) is 15.0 Å². The van der Waals surface area contributed by atoms with Crippen LogP contribution < -0.4 is 5.73 Å². The number of rotatable bonds is 2. The Bertz CT molecular complexity index is 945. The van der Waals surface area contributed by atoms with Gasteiger partial charge in [0.25, 0.3) is 5.22 Å². The first-order chi connectivity index (χ1) is 10.3. The Labute approximate surface area is 124 Å². The highest BCUT2D eigenvalue weighted by Gasteiger charge is 2.11. The SMILES string of the molecule is Nc1ccc2oc(Sc3ncnc4ccccc34)nc2c1. The summed E-state index contributed by atoms with van der Waals surface area (Å²) in [6.45, 7) is 0. The van der Waals surface area contributed by atoms with Crippen molar-refractivity contribution >= 4 is 39.5 Å². The summed E-state index contributed by atoms with van der Waals surface area (Å²) in [5, 5.41) is 2.34. The Morgan fingerprint density at radius 1 is 1.00 bits per heavy atom. The van der Waals surface area contributed by atoms with E-state index in [2.05, 4.69) is 15.0 Å². The quantitative estimate of drug-likeness (QED) is 0.450. The molecule has 2 heterocycles. The molecule has 4 rings (SSSR count). The third-order valence-corrected chi connectivity index (χ3v) is 3.95. The number of nitrogens with zero attached hydrogens (tertiary/aromatic N) is 3. The molecule has 2 aromatic carbocycles. The van der Waals surface area contributed by atoms with Gasteiger partial charge in [0.2, 0.25) is 0 Å². The fraction of sp³-hybridized carbons (Fsp3) is 0. The smallest absolute Gasteiger partial charge is 0.263 e. The van der Waals surface area contributed by atoms with Crippen molar-refractivity contribution in [3.63, 3.8) is 0 Å². The number of nitrogen functional groups attached to an aromatic ring is 1. The second-order valence-corrected chi connectivity index (χ2v) is 5.45. The van der Waals surface area contributed by atoms with Crippen molar-refractivity contribution in [3.8, 4) is 0 Å². The van der Waals surface area contributed by atoms with Crippen LogP contribution in [0.3, 0.4) is 0 Å². The molecule has 0 unspecified atom stereocenters. The summed E-state index contributed by atoms with van der Waals surface area (Å²) in [6.07, 6.45) is 1.55. The molecule has 4 aromatic rings. The van der Waals surface area contributed by atoms with Crippen molar-refractivity contribution in [2.75, 3.05) is 5.73 Å². The summed E-state index contributed by atoms with van der Waals surface area (Å²) in [5.41, 5.74) is 8.78. The summed E-state index contributed by atoms with van der Waals surface area (Å²) in [4.78, 5) is 13.0. The summed E-state index contributed by atoms with van der Waals surface area (Å²) < 4.78 is 5.71. The highest BCUT2D eigenvalue weighted by atomic mass is 32.2. The van der Waals surface area contributed by atoms with Crippen LogP contribution in [0.15, 0.2) is 63.5 Å². The molecule has 5 nitrogen and oxygen atoms in total. The van der Waals surface area contributed by atoms with Gasteiger partial charge in [0.1, 0.15) is 16.9 Å². The Kier molecular flexibility index (Phi) is 2.75. The van der Waals surface area contributed by atoms with E-state index in [4.69, 9.17) is 10.2 Å². The van der Waals surface area contributed by atoms with Crippen molar-refractivity contribution < 1.29 is 4.42 Å². The second-order valence-electron chi connectivity index (χ2n) is 4.50. The zero-order valence-corrected chi connectivity index (χ0v) is 11.7. The molecule has 2 N–H and O–H groups in total. The topological polar surface area (TPSA) is 77.8 Å². The number of anilines is 1. The minimum Gasteiger partial charge on any atom is -0.431 e. The summed E-state index contributed by atoms with van der Waals surface area (Å²) >= 11 is 1.38. The predicted molar refractivity (Wildman–Crippen MR) is 82.1 cm³/mol. The van der Waals surface area contributed by atoms with Gasteiger partial charge in [0, 0.05) is 11.1 Å². The number of hydrogen-bond acceptors (Lipinski definition) is 6. The van der Waals surface area contributed by atoms with E-state index in [0.717, 1.165) is 21.4 Å². The Balaban J connectivity index is 1.79. The lowest BCUT2D eigenvalue weighted by molar-refractivity contribution is 0.489. The van der Waals surface area contributed by atoms with Gasteiger partial charge in [-0.25, -0.2) is 15.0 Å². The summed E-state index contributed by atoms with van der Waals surface area (Å²) in [5.74, 6) is 0. The molecule has 0 bridgehead atoms. The van der Waals surface area contributed by atoms with E-state index >= 15 is 0 Å². The molecule has 6 heteroatoms. The lowest BCUT2D eigenvalue weighted by Gasteiger charge is -2.00. The molecule has 0 aliphatic rings. The molecule has 0 aliphatic carbocycles. The average molecular weight is 294 g/mol. The molecular weight excluding hydrogens is 284 g/mol. The van der Waals surface area contributed by atoms with Crippen LogP contribution in [0.25, 0.3) is 22.0 Å². The van der Waals surface area contributed by atoms with Crippen molar-refractivity contribution in [1.29, 1.82) is 0 Å². The lowest BCUT2D eigenvalue weighted by atomic mass is 10.2. The van der Waals surface area contributed by atoms with Crippen molar-refractivity contribution in [2.24, 2.45) is 0 Å². The van der Waals surface area contributed by atoms with Gasteiger partial charge in [-0.2, -0.15) is 0 Å². The molecule has 2 aromatic heterocycles. The zero-order valence-electron chi connectivity index (χ0n) is 10.9. The predicted octanol–water partition coefficient (Wildman–Crippen LogP) is 3.50. The number of fused-ring (bicyclic) bond motifs is 2. The van der Waals surface area contributed by atoms with Crippen LogP contribution in [0, 0.1) is 0 Å². The standard InChI is InChI=1S/C15H10N4OS/c16-9-5-6-13-12(7-9)19-15(20-13)21-14-10-3-1-2-4-11(10)17-8-18-14/h1-8H,16H2. The number of nitrogens with two attached hydrogens (primary N) is 1. The van der Waals surface area contributed by atoms with Gasteiger partial charge < -0.3 is 10.2 Å². The average Bonchev–Trinajstić information content (AvgIpc) is 2.89. The van der Waals surface area contributed by atoms with Gasteiger partial charge >= 0.3 is 0 Å². The molecule has 0 atom stereocenters. The number of hydrogen-bond donors (Lipinski definition) is 1. The van der Waals surface area contributed by atoms with E-state index in [0.29, 0.717) is 16.5 Å². The number of benzene rings is 2. The van der Waals surface area contributed by atoms with Crippen LogP contribution in [0.2, 0.25) is 0 Å². The molecule has 0 fully saturated rings. The third-order valence-electron chi connectivity index (χ3n) is 3.08. The second kappa shape index (κ2) is 4.75. The molecule has 0 amide bonds. The monoisotopic (exact) mass is 294 g/mol. The van der Waals surface area contributed by atoms with Crippen LogP contribution in [0.4, 0.5) is 5.69 Å². The van der Waals surface area contributed by atoms with Crippen LogP contribution in [-0.2, 0) is 0 Å². The lowest BCUT2D eigenvalue weighted by Crippen LogP contribution is -1.86. The van der Waals surface area contributed by atoms with E-state index in [1.807, 2.05) is 30.3 Å². The number of aromatic nitrogens is 3. The highest BCUT2D eigenvalue weighted by Crippen LogP contribution is 2.32. The highest BCUT2D eigenvalue weighted by molar-refractivity contribution is 7.99. The van der Waals surface area contributed by atoms with Gasteiger partial charge in [-0.15, -0.1) is 0 Å². The first-order valence-electron chi connectivity index (χ1n) is 6.33. The van der Waals surface area contributed by atoms with Gasteiger partial charge in [0.05, 0.1) is 5.52 Å². The molecule has 0 saturated carbocycles. The molecule has 0 spiro atoms. The molecular formula is C15H10N4OS. The zero-order chi connectivity index (χ0) is 14.2. The fourth-order valence-corrected chi connectivity index (χ4v) is 2.93. The van der Waals surface area contributed by atoms with Crippen LogP contribution in [0.5, 0.6) is 0 Å². The maximum absolute atomic E-state index is 5.75. The first-order valence-corrected chi connectivity index (χ1v) is 7.15. The fourth-order valence-electron chi connectivity index (χ4n) is 2.11. The summed E-state index contributed by atoms with van der Waals surface area (Å²) in [6, 6.07) is 13.3. The van der Waals surface area contributed by atoms with Crippen LogP contribution in [0.1, 0.15) is 0 Å². The van der Waals surface area contributed by atoms with E-state index in [-0.39, 0.29) is 0 Å². The van der Waals surface area contributed by atoms with Gasteiger partial charge in [0.15, 0.2) is 5.58 Å². The Morgan fingerprint density at radius 2 is 1.90 bits per heavy atom. The minimum atomic E-state index is 0.541. The van der Waals surface area contributed by atoms with Gasteiger partial charge in [-0.3, -0.25) is 0 Å². The van der Waals surface area contributed by atoms with E-state index in [1.165, 1.54) is 11.8 Å². The van der Waals surface area contributed by atoms with Crippen molar-refractivity contribution in [3.05, 3.63) is 48.8 Å². The normalized spacial score (nSPS) is 11.2. The van der Waals surface area contributed by atoms with E-state index < -0.39 is 0 Å². The summed E-state index contributed by atoms with van der Waals surface area (Å²) in [7, 11) is 0. The molecule has 0 radical (unpaired) electrons.